The van der Waals surface area contributed by atoms with Gasteiger partial charge in [0.25, 0.3) is 0 Å². The van der Waals surface area contributed by atoms with Gasteiger partial charge in [0, 0.05) is 17.8 Å². The van der Waals surface area contributed by atoms with E-state index in [0.717, 1.165) is 10.0 Å². The number of carbonyl (C=O) groups is 1. The Kier molecular flexibility index (Phi) is 4.71. The van der Waals surface area contributed by atoms with Crippen LogP contribution in [0, 0.1) is 6.92 Å². The molecule has 0 unspecified atom stereocenters. The molecule has 0 radical (unpaired) electrons. The molecule has 0 aliphatic rings. The highest BCUT2D eigenvalue weighted by molar-refractivity contribution is 9.10. The van der Waals surface area contributed by atoms with Crippen molar-refractivity contribution in [1.82, 2.24) is 4.98 Å². The fourth-order valence-electron chi connectivity index (χ4n) is 1.01. The zero-order valence-corrected chi connectivity index (χ0v) is 10.3. The van der Waals surface area contributed by atoms with Crippen LogP contribution in [0.15, 0.2) is 16.7 Å². The van der Waals surface area contributed by atoms with E-state index >= 15 is 0 Å². The molecule has 15 heavy (non-hydrogen) atoms. The molecule has 0 aromatic carbocycles. The second-order valence-corrected chi connectivity index (χ2v) is 3.96. The van der Waals surface area contributed by atoms with Crippen LogP contribution in [-0.2, 0) is 9.53 Å². The van der Waals surface area contributed by atoms with Crippen LogP contribution in [0.3, 0.4) is 0 Å². The van der Waals surface area contributed by atoms with E-state index < -0.39 is 0 Å². The lowest BCUT2D eigenvalue weighted by atomic mass is 10.3. The van der Waals surface area contributed by atoms with Crippen molar-refractivity contribution >= 4 is 27.7 Å². The molecule has 0 aliphatic carbocycles. The summed E-state index contributed by atoms with van der Waals surface area (Å²) in [5.74, 6) is 0.475. The predicted molar refractivity (Wildman–Crippen MR) is 61.8 cm³/mol. The van der Waals surface area contributed by atoms with E-state index in [0.29, 0.717) is 18.8 Å². The summed E-state index contributed by atoms with van der Waals surface area (Å²) in [4.78, 5) is 15.4. The molecular weight excluding hydrogens is 260 g/mol. The van der Waals surface area contributed by atoms with Crippen molar-refractivity contribution in [1.29, 1.82) is 0 Å². The first-order valence-electron chi connectivity index (χ1n) is 4.54. The van der Waals surface area contributed by atoms with Gasteiger partial charge in [0.05, 0.1) is 13.0 Å². The van der Waals surface area contributed by atoms with Crippen molar-refractivity contribution in [3.05, 3.63) is 22.3 Å². The van der Waals surface area contributed by atoms with Gasteiger partial charge in [-0.1, -0.05) is 0 Å². The number of hydrogen-bond acceptors (Lipinski definition) is 3. The maximum Gasteiger partial charge on any atom is 0.227 e. The molecule has 0 bridgehead atoms. The minimum Gasteiger partial charge on any atom is -0.384 e. The van der Waals surface area contributed by atoms with E-state index in [4.69, 9.17) is 4.74 Å². The topological polar surface area (TPSA) is 51.2 Å². The molecule has 0 atom stereocenters. The molecule has 1 aromatic heterocycles. The number of nitrogens with one attached hydrogen (secondary N) is 1. The Morgan fingerprint density at radius 3 is 3.00 bits per heavy atom. The molecular formula is C10H13BrN2O2. The summed E-state index contributed by atoms with van der Waals surface area (Å²) < 4.78 is 5.73. The van der Waals surface area contributed by atoms with Crippen LogP contribution in [0.2, 0.25) is 0 Å². The number of hydrogen-bond donors (Lipinski definition) is 1. The first-order valence-corrected chi connectivity index (χ1v) is 5.33. The quantitative estimate of drug-likeness (QED) is 0.914. The summed E-state index contributed by atoms with van der Waals surface area (Å²) in [6, 6.07) is 1.81. The number of pyridine rings is 1. The first-order chi connectivity index (χ1) is 7.13. The third-order valence-electron chi connectivity index (χ3n) is 1.85. The average molecular weight is 273 g/mol. The zero-order valence-electron chi connectivity index (χ0n) is 8.71. The minimum absolute atomic E-state index is 0.0916. The van der Waals surface area contributed by atoms with Gasteiger partial charge in [-0.05, 0) is 34.5 Å². The van der Waals surface area contributed by atoms with Crippen molar-refractivity contribution in [2.75, 3.05) is 19.0 Å². The van der Waals surface area contributed by atoms with Crippen LogP contribution in [0.1, 0.15) is 12.0 Å². The number of anilines is 1. The number of methoxy groups -OCH3 is 1. The fraction of sp³-hybridized carbons (Fsp3) is 0.400. The minimum atomic E-state index is -0.0916. The normalized spacial score (nSPS) is 10.1. The highest BCUT2D eigenvalue weighted by Gasteiger charge is 2.04. The molecule has 0 aliphatic heterocycles. The van der Waals surface area contributed by atoms with Crippen molar-refractivity contribution in [2.24, 2.45) is 0 Å². The number of amides is 1. The predicted octanol–water partition coefficient (Wildman–Crippen LogP) is 2.13. The Morgan fingerprint density at radius 2 is 2.40 bits per heavy atom. The molecule has 0 saturated heterocycles. The summed E-state index contributed by atoms with van der Waals surface area (Å²) in [6.07, 6.45) is 2.01. The zero-order chi connectivity index (χ0) is 11.3. The molecule has 82 valence electrons. The first kappa shape index (κ1) is 12.1. The van der Waals surface area contributed by atoms with Gasteiger partial charge >= 0.3 is 0 Å². The van der Waals surface area contributed by atoms with Crippen molar-refractivity contribution < 1.29 is 9.53 Å². The number of ether oxygens (including phenoxy) is 1. The van der Waals surface area contributed by atoms with E-state index in [1.807, 2.05) is 13.0 Å². The van der Waals surface area contributed by atoms with Crippen LogP contribution in [0.5, 0.6) is 0 Å². The lowest BCUT2D eigenvalue weighted by Gasteiger charge is -2.05. The molecule has 0 spiro atoms. The molecule has 4 nitrogen and oxygen atoms in total. The molecule has 1 N–H and O–H groups in total. The number of aryl methyl sites for hydroxylation is 1. The van der Waals surface area contributed by atoms with Crippen molar-refractivity contribution in [3.8, 4) is 0 Å². The number of rotatable bonds is 4. The molecule has 1 heterocycles. The SMILES string of the molecule is COCCC(=O)Nc1cc(C)c(Br)cn1. The highest BCUT2D eigenvalue weighted by atomic mass is 79.9. The van der Waals surface area contributed by atoms with Crippen LogP contribution in [0.4, 0.5) is 5.82 Å². The van der Waals surface area contributed by atoms with Gasteiger partial charge in [-0.25, -0.2) is 4.98 Å². The third kappa shape index (κ3) is 3.97. The van der Waals surface area contributed by atoms with Gasteiger partial charge in [0.1, 0.15) is 5.82 Å². The largest absolute Gasteiger partial charge is 0.384 e. The van der Waals surface area contributed by atoms with Crippen LogP contribution in [-0.4, -0.2) is 24.6 Å². The van der Waals surface area contributed by atoms with Gasteiger partial charge < -0.3 is 10.1 Å². The summed E-state index contributed by atoms with van der Waals surface area (Å²) in [7, 11) is 1.56. The van der Waals surface area contributed by atoms with Gasteiger partial charge in [-0.3, -0.25) is 4.79 Å². The fourth-order valence-corrected chi connectivity index (χ4v) is 1.22. The van der Waals surface area contributed by atoms with Gasteiger partial charge in [0.15, 0.2) is 0 Å². The summed E-state index contributed by atoms with van der Waals surface area (Å²) in [5, 5.41) is 2.69. The number of carbonyl (C=O) groups excluding carboxylic acids is 1. The molecule has 1 amide bonds. The Hall–Kier alpha value is -0.940. The second-order valence-electron chi connectivity index (χ2n) is 3.11. The molecule has 0 fully saturated rings. The monoisotopic (exact) mass is 272 g/mol. The van der Waals surface area contributed by atoms with E-state index in [2.05, 4.69) is 26.2 Å². The van der Waals surface area contributed by atoms with E-state index in [1.165, 1.54) is 0 Å². The smallest absolute Gasteiger partial charge is 0.227 e. The Balaban J connectivity index is 2.57. The number of aromatic nitrogens is 1. The number of halogens is 1. The second kappa shape index (κ2) is 5.82. The Bertz CT molecular complexity index is 355. The molecule has 5 heteroatoms. The van der Waals surface area contributed by atoms with Crippen LogP contribution < -0.4 is 5.32 Å². The van der Waals surface area contributed by atoms with Gasteiger partial charge in [-0.15, -0.1) is 0 Å². The van der Waals surface area contributed by atoms with Crippen molar-refractivity contribution in [3.63, 3.8) is 0 Å². The maximum atomic E-state index is 11.3. The summed E-state index contributed by atoms with van der Waals surface area (Å²) >= 11 is 3.34. The van der Waals surface area contributed by atoms with Crippen molar-refractivity contribution in [2.45, 2.75) is 13.3 Å². The lowest BCUT2D eigenvalue weighted by molar-refractivity contribution is -0.117. The molecule has 1 aromatic rings. The van der Waals surface area contributed by atoms with Gasteiger partial charge in [-0.2, -0.15) is 0 Å². The Morgan fingerprint density at radius 1 is 1.67 bits per heavy atom. The van der Waals surface area contributed by atoms with Gasteiger partial charge in [0.2, 0.25) is 5.91 Å². The third-order valence-corrected chi connectivity index (χ3v) is 2.68. The molecule has 0 saturated carbocycles. The number of nitrogens with zero attached hydrogens (tertiary/aromatic N) is 1. The molecule has 1 rings (SSSR count). The summed E-state index contributed by atoms with van der Waals surface area (Å²) in [5.41, 5.74) is 1.03. The van der Waals surface area contributed by atoms with Crippen LogP contribution in [0.25, 0.3) is 0 Å². The van der Waals surface area contributed by atoms with Crippen LogP contribution >= 0.6 is 15.9 Å². The van der Waals surface area contributed by atoms with E-state index in [-0.39, 0.29) is 5.91 Å². The summed E-state index contributed by atoms with van der Waals surface area (Å²) in [6.45, 7) is 2.36. The average Bonchev–Trinajstić information content (AvgIpc) is 2.20. The maximum absolute atomic E-state index is 11.3. The van der Waals surface area contributed by atoms with E-state index in [9.17, 15) is 4.79 Å². The standard InChI is InChI=1S/C10H13BrN2O2/c1-7-5-9(12-6-8(7)11)13-10(14)3-4-15-2/h5-6H,3-4H2,1-2H3,(H,12,13,14). The Labute approximate surface area is 97.2 Å². The van der Waals surface area contributed by atoms with E-state index in [1.54, 1.807) is 13.3 Å². The lowest BCUT2D eigenvalue weighted by Crippen LogP contribution is -2.14. The highest BCUT2D eigenvalue weighted by Crippen LogP contribution is 2.17.